The molecule has 13 heteroatoms. The molecule has 0 radical (unpaired) electrons. The largest absolute Gasteiger partial charge is 0.478 e. The van der Waals surface area contributed by atoms with Gasteiger partial charge >= 0.3 is 11.9 Å². The summed E-state index contributed by atoms with van der Waals surface area (Å²) in [5.41, 5.74) is 12.0. The summed E-state index contributed by atoms with van der Waals surface area (Å²) in [6.45, 7) is -0.313. The highest BCUT2D eigenvalue weighted by atomic mass is 32.2. The van der Waals surface area contributed by atoms with Crippen LogP contribution in [0.1, 0.15) is 21.5 Å². The average molecular weight is 495 g/mol. The molecule has 0 aliphatic heterocycles. The Morgan fingerprint density at radius 1 is 0.971 bits per heavy atom. The molecule has 0 heterocycles. The van der Waals surface area contributed by atoms with Gasteiger partial charge in [0.1, 0.15) is 5.75 Å². The van der Waals surface area contributed by atoms with Crippen LogP contribution in [0, 0.1) is 0 Å². The summed E-state index contributed by atoms with van der Waals surface area (Å²) in [6, 6.07) is 12.1. The summed E-state index contributed by atoms with van der Waals surface area (Å²) in [7, 11) is -0.954. The minimum absolute atomic E-state index is 0.0210. The van der Waals surface area contributed by atoms with Crippen molar-refractivity contribution in [2.75, 3.05) is 20.7 Å². The minimum Gasteiger partial charge on any atom is -0.478 e. The number of nitrogens with zero attached hydrogens (tertiary/aromatic N) is 2. The van der Waals surface area contributed by atoms with Gasteiger partial charge in [0.25, 0.3) is 16.0 Å². The number of amides is 1. The van der Waals surface area contributed by atoms with Crippen LogP contribution in [0.25, 0.3) is 0 Å². The lowest BCUT2D eigenvalue weighted by atomic mass is 10.1. The number of ether oxygens (including phenoxy) is 1. The Bertz CT molecular complexity index is 1120. The molecule has 0 aromatic heterocycles. The lowest BCUT2D eigenvalue weighted by molar-refractivity contribution is -0.150. The number of carbonyl (C=O) groups is 3. The second-order valence-electron chi connectivity index (χ2n) is 7.06. The van der Waals surface area contributed by atoms with Crippen molar-refractivity contribution in [2.45, 2.75) is 12.2 Å². The molecular weight excluding hydrogens is 468 g/mol. The van der Waals surface area contributed by atoms with Gasteiger partial charge in [-0.15, -0.1) is 0 Å². The van der Waals surface area contributed by atoms with Gasteiger partial charge in [0.2, 0.25) is 0 Å². The van der Waals surface area contributed by atoms with Gasteiger partial charge in [0.15, 0.2) is 12.6 Å². The summed E-state index contributed by atoms with van der Waals surface area (Å²) in [6.07, 6.45) is -0.0210. The normalized spacial score (nSPS) is 10.3. The van der Waals surface area contributed by atoms with Gasteiger partial charge in [0.05, 0.1) is 17.7 Å². The first kappa shape index (κ1) is 28.1. The number of rotatable bonds is 8. The number of carbonyl (C=O) groups excluding carboxylic acids is 2. The summed E-state index contributed by atoms with van der Waals surface area (Å²) in [5.74, 6) is -2.37. The van der Waals surface area contributed by atoms with Crippen LogP contribution in [-0.2, 0) is 36.6 Å². The van der Waals surface area contributed by atoms with Crippen LogP contribution in [0.15, 0.2) is 53.5 Å². The highest BCUT2D eigenvalue weighted by Crippen LogP contribution is 2.12. The average Bonchev–Trinajstić information content (AvgIpc) is 2.72. The molecular formula is C21H26N4O8S. The molecule has 0 aliphatic carbocycles. The Morgan fingerprint density at radius 2 is 1.50 bits per heavy atom. The number of benzene rings is 2. The van der Waals surface area contributed by atoms with E-state index < -0.39 is 27.8 Å². The van der Waals surface area contributed by atoms with Gasteiger partial charge in [-0.3, -0.25) is 14.1 Å². The predicted octanol–water partition coefficient (Wildman–Crippen LogP) is 0.538. The van der Waals surface area contributed by atoms with Crippen LogP contribution >= 0.6 is 0 Å². The summed E-state index contributed by atoms with van der Waals surface area (Å²) >= 11 is 0. The van der Waals surface area contributed by atoms with Crippen LogP contribution < -0.4 is 11.5 Å². The molecule has 0 spiro atoms. The van der Waals surface area contributed by atoms with Crippen LogP contribution in [-0.4, -0.2) is 67.5 Å². The molecule has 0 saturated heterocycles. The summed E-state index contributed by atoms with van der Waals surface area (Å²) in [4.78, 5) is 38.3. The molecule has 1 amide bonds. The maximum atomic E-state index is 11.5. The molecule has 2 aromatic carbocycles. The molecule has 6 N–H and O–H groups in total. The zero-order chi connectivity index (χ0) is 25.9. The number of carboxylic acids is 1. The number of hydrogen-bond acceptors (Lipinski definition) is 7. The Hall–Kier alpha value is -3.97. The molecule has 0 unspecified atom stereocenters. The van der Waals surface area contributed by atoms with Gasteiger partial charge in [-0.25, -0.2) is 9.79 Å². The van der Waals surface area contributed by atoms with Crippen molar-refractivity contribution in [1.29, 1.82) is 0 Å². The maximum Gasteiger partial charge on any atom is 0.335 e. The number of esters is 1. The lowest BCUT2D eigenvalue weighted by Crippen LogP contribution is -2.27. The molecule has 0 fully saturated rings. The monoisotopic (exact) mass is 494 g/mol. The second kappa shape index (κ2) is 12.9. The predicted molar refractivity (Wildman–Crippen MR) is 124 cm³/mol. The fraction of sp³-hybridized carbons (Fsp3) is 0.238. The van der Waals surface area contributed by atoms with E-state index in [1.54, 1.807) is 26.2 Å². The molecule has 184 valence electrons. The second-order valence-corrected chi connectivity index (χ2v) is 8.51. The highest BCUT2D eigenvalue weighted by molar-refractivity contribution is 7.85. The molecule has 2 rings (SSSR count). The SMILES string of the molecule is CN(C)C(=O)COC(=O)Cc1ccc(CS(=O)(=O)O)cc1.NC(N)=Nc1ccc(C(=O)O)cc1. The van der Waals surface area contributed by atoms with Gasteiger partial charge in [0, 0.05) is 14.1 Å². The van der Waals surface area contributed by atoms with E-state index in [0.29, 0.717) is 16.8 Å². The van der Waals surface area contributed by atoms with Gasteiger partial charge in [-0.2, -0.15) is 8.42 Å². The third-order valence-corrected chi connectivity index (χ3v) is 4.65. The van der Waals surface area contributed by atoms with Gasteiger partial charge in [-0.05, 0) is 35.4 Å². The standard InChI is InChI=1S/C13H17NO6S.C8H9N3O2/c1-14(2)12(15)8-20-13(16)7-10-3-5-11(6-4-10)9-21(17,18)19;9-8(10)11-6-3-1-5(2-4-6)7(12)13/h3-6H,7-9H2,1-2H3,(H,17,18,19);1-4H,(H,12,13)(H4,9,10,11). The zero-order valence-electron chi connectivity index (χ0n) is 18.5. The Labute approximate surface area is 196 Å². The fourth-order valence-corrected chi connectivity index (χ4v) is 2.89. The number of aromatic carboxylic acids is 1. The summed E-state index contributed by atoms with van der Waals surface area (Å²) < 4.78 is 35.0. The van der Waals surface area contributed by atoms with Crippen LogP contribution in [0.3, 0.4) is 0 Å². The van der Waals surface area contributed by atoms with E-state index in [0.717, 1.165) is 0 Å². The molecule has 12 nitrogen and oxygen atoms in total. The van der Waals surface area contributed by atoms with Crippen molar-refractivity contribution in [3.63, 3.8) is 0 Å². The van der Waals surface area contributed by atoms with E-state index >= 15 is 0 Å². The van der Waals surface area contributed by atoms with Crippen molar-refractivity contribution in [1.82, 2.24) is 4.90 Å². The maximum absolute atomic E-state index is 11.5. The number of hydrogen-bond donors (Lipinski definition) is 4. The smallest absolute Gasteiger partial charge is 0.335 e. The summed E-state index contributed by atoms with van der Waals surface area (Å²) in [5, 5.41) is 8.57. The molecule has 0 aliphatic rings. The Morgan fingerprint density at radius 3 is 1.94 bits per heavy atom. The first-order valence-corrected chi connectivity index (χ1v) is 11.2. The Balaban J connectivity index is 0.000000380. The third-order valence-electron chi connectivity index (χ3n) is 3.95. The highest BCUT2D eigenvalue weighted by Gasteiger charge is 2.11. The van der Waals surface area contributed by atoms with E-state index in [2.05, 4.69) is 4.99 Å². The van der Waals surface area contributed by atoms with E-state index in [-0.39, 0.29) is 30.5 Å². The quantitative estimate of drug-likeness (QED) is 0.173. The van der Waals surface area contributed by atoms with E-state index in [1.165, 1.54) is 41.3 Å². The number of guanidine groups is 1. The Kier molecular flexibility index (Phi) is 10.7. The van der Waals surface area contributed by atoms with Crippen molar-refractivity contribution in [2.24, 2.45) is 16.5 Å². The van der Waals surface area contributed by atoms with Crippen molar-refractivity contribution >= 4 is 39.6 Å². The fourth-order valence-electron chi connectivity index (χ4n) is 2.28. The number of aliphatic imine (C=N–C) groups is 1. The number of carboxylic acid groups (broad SMARTS) is 1. The molecule has 0 bridgehead atoms. The van der Waals surface area contributed by atoms with Crippen LogP contribution in [0.2, 0.25) is 0 Å². The van der Waals surface area contributed by atoms with E-state index in [1.807, 2.05) is 0 Å². The van der Waals surface area contributed by atoms with Crippen LogP contribution in [0.5, 0.6) is 0 Å². The van der Waals surface area contributed by atoms with Crippen LogP contribution in [0.4, 0.5) is 5.69 Å². The van der Waals surface area contributed by atoms with Crippen molar-refractivity contribution in [3.05, 3.63) is 65.2 Å². The first-order chi connectivity index (χ1) is 15.8. The lowest BCUT2D eigenvalue weighted by Gasteiger charge is -2.10. The van der Waals surface area contributed by atoms with Gasteiger partial charge < -0.3 is 26.2 Å². The number of likely N-dealkylation sites (N-methyl/N-ethyl adjacent to an activating group) is 1. The minimum atomic E-state index is -4.07. The van der Waals surface area contributed by atoms with E-state index in [4.69, 9.17) is 25.9 Å². The zero-order valence-corrected chi connectivity index (χ0v) is 19.4. The molecule has 0 saturated carbocycles. The molecule has 0 atom stereocenters. The van der Waals surface area contributed by atoms with Crippen molar-refractivity contribution < 1.29 is 37.2 Å². The van der Waals surface area contributed by atoms with Crippen molar-refractivity contribution in [3.8, 4) is 0 Å². The molecule has 34 heavy (non-hydrogen) atoms. The first-order valence-electron chi connectivity index (χ1n) is 9.58. The third kappa shape index (κ3) is 11.6. The number of nitrogens with two attached hydrogens (primary N) is 2. The molecule has 2 aromatic rings. The topological polar surface area (TPSA) is 203 Å². The van der Waals surface area contributed by atoms with Gasteiger partial charge in [-0.1, -0.05) is 24.3 Å². The van der Waals surface area contributed by atoms with E-state index in [9.17, 15) is 22.8 Å².